The molecule has 10 aliphatic carbocycles. The number of likely N-dealkylation sites (tertiary alicyclic amines) is 1. The van der Waals surface area contributed by atoms with Crippen LogP contribution < -0.4 is 16.0 Å². The van der Waals surface area contributed by atoms with E-state index >= 15 is 0 Å². The van der Waals surface area contributed by atoms with Gasteiger partial charge in [-0.2, -0.15) is 0 Å². The van der Waals surface area contributed by atoms with Crippen molar-refractivity contribution < 1.29 is 14.2 Å². The average molecular weight is 1010 g/mol. The molecule has 21 unspecified atom stereocenters. The lowest BCUT2D eigenvalue weighted by Gasteiger charge is -2.64. The lowest BCUT2D eigenvalue weighted by Crippen LogP contribution is -2.66. The molecule has 14 rings (SSSR count). The summed E-state index contributed by atoms with van der Waals surface area (Å²) in [6.07, 6.45) is 56.9. The first-order valence-electron chi connectivity index (χ1n) is 33.9. The van der Waals surface area contributed by atoms with Crippen molar-refractivity contribution >= 4 is 0 Å². The highest BCUT2D eigenvalue weighted by atomic mass is 16.5. The fourth-order valence-electron chi connectivity index (χ4n) is 23.3. The molecule has 412 valence electrons. The van der Waals surface area contributed by atoms with Gasteiger partial charge in [0.05, 0.1) is 18.3 Å². The Balaban J connectivity index is 0.767. The Kier molecular flexibility index (Phi) is 15.3. The second kappa shape index (κ2) is 22.0. The van der Waals surface area contributed by atoms with Crippen LogP contribution in [0.4, 0.5) is 0 Å². The largest absolute Gasteiger partial charge is 0.358 e. The zero-order valence-electron chi connectivity index (χ0n) is 47.0. The molecule has 4 aliphatic heterocycles. The van der Waals surface area contributed by atoms with Crippen molar-refractivity contribution in [3.8, 4) is 0 Å². The summed E-state index contributed by atoms with van der Waals surface area (Å²) in [5.74, 6) is 11.1. The molecule has 7 heteroatoms. The highest BCUT2D eigenvalue weighted by Crippen LogP contribution is 2.61. The minimum Gasteiger partial charge on any atom is -0.358 e. The van der Waals surface area contributed by atoms with Crippen molar-refractivity contribution in [2.45, 2.75) is 331 Å². The van der Waals surface area contributed by atoms with Crippen LogP contribution in [0.1, 0.15) is 258 Å². The van der Waals surface area contributed by atoms with E-state index in [1.165, 1.54) is 231 Å². The summed E-state index contributed by atoms with van der Waals surface area (Å²) in [6.45, 7) is 5.50. The maximum absolute atomic E-state index is 7.11. The van der Waals surface area contributed by atoms with Gasteiger partial charge in [-0.1, -0.05) is 117 Å². The van der Waals surface area contributed by atoms with Gasteiger partial charge < -0.3 is 14.2 Å². The lowest BCUT2D eigenvalue weighted by molar-refractivity contribution is -0.145. The number of nitrogens with zero attached hydrogens (tertiary/aromatic N) is 1. The predicted molar refractivity (Wildman–Crippen MR) is 295 cm³/mol. The maximum Gasteiger partial charge on any atom is 0.111 e. The van der Waals surface area contributed by atoms with Crippen molar-refractivity contribution in [1.29, 1.82) is 0 Å². The van der Waals surface area contributed by atoms with Crippen LogP contribution in [-0.4, -0.2) is 78.1 Å². The first-order chi connectivity index (χ1) is 35.9. The van der Waals surface area contributed by atoms with E-state index in [0.29, 0.717) is 78.3 Å². The first-order valence-corrected chi connectivity index (χ1v) is 33.9. The highest BCUT2D eigenvalue weighted by Gasteiger charge is 2.58. The highest BCUT2D eigenvalue weighted by molar-refractivity contribution is 5.09. The Morgan fingerprint density at radius 2 is 0.712 bits per heavy atom. The van der Waals surface area contributed by atoms with Crippen LogP contribution in [0.5, 0.6) is 0 Å². The van der Waals surface area contributed by atoms with Crippen molar-refractivity contribution in [1.82, 2.24) is 20.9 Å². The maximum atomic E-state index is 7.11. The number of fused-ring (bicyclic) bond motifs is 5. The molecule has 3 N–H and O–H groups in total. The lowest BCUT2D eigenvalue weighted by atomic mass is 9.50. The number of hydrogen-bond acceptors (Lipinski definition) is 7. The van der Waals surface area contributed by atoms with Crippen LogP contribution in [0.15, 0.2) is 0 Å². The summed E-state index contributed by atoms with van der Waals surface area (Å²) in [4.78, 5) is 3.37. The van der Waals surface area contributed by atoms with Gasteiger partial charge in [0, 0.05) is 36.3 Å². The van der Waals surface area contributed by atoms with E-state index in [1.807, 2.05) is 0 Å². The Hall–Kier alpha value is -0.280. The zero-order chi connectivity index (χ0) is 48.6. The minimum atomic E-state index is 0.310. The summed E-state index contributed by atoms with van der Waals surface area (Å²) in [5, 5.41) is 12.6. The van der Waals surface area contributed by atoms with E-state index in [1.54, 1.807) is 12.8 Å². The van der Waals surface area contributed by atoms with E-state index in [2.05, 4.69) is 34.7 Å². The second-order valence-corrected chi connectivity index (χ2v) is 30.4. The van der Waals surface area contributed by atoms with Crippen molar-refractivity contribution in [2.75, 3.05) is 0 Å². The molecule has 0 spiro atoms. The van der Waals surface area contributed by atoms with Gasteiger partial charge in [-0.05, 0) is 224 Å². The Labute approximate surface area is 446 Å². The summed E-state index contributed by atoms with van der Waals surface area (Å²) in [7, 11) is 0. The molecule has 14 aliphatic rings. The number of ether oxygens (including phenoxy) is 3. The fraction of sp³-hybridized carbons (Fsp3) is 1.00. The Morgan fingerprint density at radius 3 is 1.16 bits per heavy atom. The van der Waals surface area contributed by atoms with Crippen LogP contribution >= 0.6 is 0 Å². The molecule has 21 atom stereocenters. The predicted octanol–water partition coefficient (Wildman–Crippen LogP) is 14.5. The van der Waals surface area contributed by atoms with Crippen molar-refractivity contribution in [2.24, 2.45) is 82.3 Å². The van der Waals surface area contributed by atoms with Crippen molar-refractivity contribution in [3.63, 3.8) is 0 Å². The number of piperidine rings is 1. The third-order valence-corrected chi connectivity index (χ3v) is 26.6. The SMILES string of the molecule is CC1(C)C2CCCCC2N(C2CCC(C3C(C4CCCC(C5NC6CCCCC6O5)C4)CC(C4CCCC(C5NC6CCCCC6O5)C4)CC3C3CCCC(C4NC5CCCCC5O4)C3)CC2)C2CCCCC21. The Morgan fingerprint density at radius 1 is 0.329 bits per heavy atom. The number of nitrogens with one attached hydrogen (secondary N) is 3. The normalized spacial score (nSPS) is 53.6. The molecule has 7 nitrogen and oxygen atoms in total. The smallest absolute Gasteiger partial charge is 0.111 e. The van der Waals surface area contributed by atoms with Gasteiger partial charge in [0.2, 0.25) is 0 Å². The minimum absolute atomic E-state index is 0.310. The number of rotatable bonds is 8. The van der Waals surface area contributed by atoms with Gasteiger partial charge in [-0.15, -0.1) is 0 Å². The molecule has 14 fully saturated rings. The van der Waals surface area contributed by atoms with E-state index < -0.39 is 0 Å². The van der Waals surface area contributed by atoms with Gasteiger partial charge >= 0.3 is 0 Å². The Bertz CT molecular complexity index is 1690. The average Bonchev–Trinajstić information content (AvgIpc) is 4.21. The summed E-state index contributed by atoms with van der Waals surface area (Å²) in [6, 6.07) is 4.42. The van der Waals surface area contributed by atoms with E-state index in [-0.39, 0.29) is 0 Å². The molecule has 0 amide bonds. The molecule has 10 saturated carbocycles. The molecule has 0 bridgehead atoms. The second-order valence-electron chi connectivity index (χ2n) is 30.4. The van der Waals surface area contributed by atoms with Crippen LogP contribution in [0.2, 0.25) is 0 Å². The van der Waals surface area contributed by atoms with Gasteiger partial charge in [0.25, 0.3) is 0 Å². The summed E-state index contributed by atoms with van der Waals surface area (Å²) in [5.41, 5.74) is 0.518. The van der Waals surface area contributed by atoms with Crippen LogP contribution in [0.25, 0.3) is 0 Å². The molecule has 0 aromatic heterocycles. The standard InChI is InChI=1S/C66H110N4O3/c1-66(2)52-22-3-8-27-57(52)70(58-28-9-4-23-53(58)66)49-34-32-41(33-35-49)62-50(43-17-14-20-46(37-43)64-68-55-25-6-11-30-60(55)72-64)39-48(42-16-13-19-45(36-42)63-67-54-24-5-10-29-59(54)71-63)40-51(62)44-18-15-21-47(38-44)65-69-56-26-7-12-31-61(56)73-65/h41-65,67-69H,3-40H2,1-2H3. The first kappa shape index (κ1) is 50.9. The van der Waals surface area contributed by atoms with E-state index in [4.69, 9.17) is 14.2 Å². The van der Waals surface area contributed by atoms with Gasteiger partial charge in [0.15, 0.2) is 0 Å². The van der Waals surface area contributed by atoms with E-state index in [9.17, 15) is 0 Å². The van der Waals surface area contributed by atoms with Crippen LogP contribution in [0, 0.1) is 82.3 Å². The monoisotopic (exact) mass is 1010 g/mol. The molecule has 0 aromatic carbocycles. The quantitative estimate of drug-likeness (QED) is 0.224. The van der Waals surface area contributed by atoms with Crippen LogP contribution in [0.3, 0.4) is 0 Å². The molecular formula is C66H110N4O3. The van der Waals surface area contributed by atoms with Crippen LogP contribution in [-0.2, 0) is 14.2 Å². The van der Waals surface area contributed by atoms with Crippen molar-refractivity contribution in [3.05, 3.63) is 0 Å². The molecular weight excluding hydrogens is 897 g/mol. The molecule has 0 radical (unpaired) electrons. The molecule has 4 saturated heterocycles. The summed E-state index contributed by atoms with van der Waals surface area (Å²) < 4.78 is 21.3. The third-order valence-electron chi connectivity index (χ3n) is 26.6. The number of hydrogen-bond donors (Lipinski definition) is 3. The molecule has 4 heterocycles. The zero-order valence-corrected chi connectivity index (χ0v) is 47.0. The molecule has 73 heavy (non-hydrogen) atoms. The third kappa shape index (κ3) is 10.00. The van der Waals surface area contributed by atoms with Gasteiger partial charge in [-0.3, -0.25) is 20.9 Å². The summed E-state index contributed by atoms with van der Waals surface area (Å²) >= 11 is 0. The fourth-order valence-corrected chi connectivity index (χ4v) is 23.3. The molecule has 0 aromatic rings. The van der Waals surface area contributed by atoms with E-state index in [0.717, 1.165) is 77.3 Å². The van der Waals surface area contributed by atoms with Gasteiger partial charge in [-0.25, -0.2) is 0 Å². The van der Waals surface area contributed by atoms with Gasteiger partial charge in [0.1, 0.15) is 18.7 Å². The topological polar surface area (TPSA) is 67.0 Å².